The lowest BCUT2D eigenvalue weighted by molar-refractivity contribution is 0.616. The summed E-state index contributed by atoms with van der Waals surface area (Å²) in [6.45, 7) is 7.11. The molecule has 2 heterocycles. The van der Waals surface area contributed by atoms with Crippen molar-refractivity contribution in [3.63, 3.8) is 0 Å². The smallest absolute Gasteiger partial charge is 0.165 e. The number of anilines is 1. The van der Waals surface area contributed by atoms with Crippen LogP contribution in [0.1, 0.15) is 24.6 Å². The van der Waals surface area contributed by atoms with Crippen molar-refractivity contribution in [3.8, 4) is 11.4 Å². The first-order valence-corrected chi connectivity index (χ1v) is 7.26. The molecule has 0 aliphatic rings. The van der Waals surface area contributed by atoms with Crippen LogP contribution in [0.15, 0.2) is 34.9 Å². The molecule has 0 unspecified atom stereocenters. The third kappa shape index (κ3) is 2.49. The first-order chi connectivity index (χ1) is 10.2. The molecule has 21 heavy (non-hydrogen) atoms. The minimum absolute atomic E-state index is 0.710. The zero-order valence-corrected chi connectivity index (χ0v) is 12.6. The Balaban J connectivity index is 2.11. The number of nitrogens with zero attached hydrogens (tertiary/aromatic N) is 2. The fourth-order valence-corrected chi connectivity index (χ4v) is 2.32. The molecule has 2 aromatic heterocycles. The summed E-state index contributed by atoms with van der Waals surface area (Å²) in [5, 5.41) is 4.42. The Hall–Kier alpha value is -2.36. The highest BCUT2D eigenvalue weighted by Gasteiger charge is 2.13. The predicted octanol–water partition coefficient (Wildman–Crippen LogP) is 4.33. The monoisotopic (exact) mass is 281 g/mol. The molecule has 0 radical (unpaired) electrons. The lowest BCUT2D eigenvalue weighted by Gasteiger charge is -2.11. The van der Waals surface area contributed by atoms with Crippen molar-refractivity contribution in [1.29, 1.82) is 0 Å². The van der Waals surface area contributed by atoms with E-state index in [0.717, 1.165) is 46.6 Å². The van der Waals surface area contributed by atoms with Gasteiger partial charge in [-0.15, -0.1) is 0 Å². The standard InChI is InChI=1S/C17H19N3O/c1-4-9-18-16-11(2)12(3)19-17(20-16)14-10-21-15-8-6-5-7-13(14)15/h5-8,10H,4,9H2,1-3H3,(H,18,19,20). The van der Waals surface area contributed by atoms with Crippen LogP contribution in [0, 0.1) is 13.8 Å². The van der Waals surface area contributed by atoms with Crippen LogP contribution in [-0.2, 0) is 0 Å². The van der Waals surface area contributed by atoms with E-state index in [1.165, 1.54) is 0 Å². The van der Waals surface area contributed by atoms with Crippen molar-refractivity contribution in [1.82, 2.24) is 9.97 Å². The van der Waals surface area contributed by atoms with Gasteiger partial charge in [0, 0.05) is 23.2 Å². The third-order valence-electron chi connectivity index (χ3n) is 3.65. The molecule has 108 valence electrons. The van der Waals surface area contributed by atoms with Crippen LogP contribution in [0.25, 0.3) is 22.4 Å². The Bertz CT molecular complexity index is 777. The third-order valence-corrected chi connectivity index (χ3v) is 3.65. The summed E-state index contributed by atoms with van der Waals surface area (Å²) in [6.07, 6.45) is 2.80. The molecule has 3 aromatic rings. The van der Waals surface area contributed by atoms with Gasteiger partial charge in [0.05, 0.1) is 5.56 Å². The summed E-state index contributed by atoms with van der Waals surface area (Å²) in [7, 11) is 0. The van der Waals surface area contributed by atoms with E-state index in [1.807, 2.05) is 38.1 Å². The van der Waals surface area contributed by atoms with E-state index < -0.39 is 0 Å². The normalized spacial score (nSPS) is 11.0. The van der Waals surface area contributed by atoms with Crippen molar-refractivity contribution in [2.24, 2.45) is 0 Å². The number of hydrogen-bond acceptors (Lipinski definition) is 4. The second kappa shape index (κ2) is 5.56. The van der Waals surface area contributed by atoms with Gasteiger partial charge in [-0.1, -0.05) is 25.1 Å². The maximum Gasteiger partial charge on any atom is 0.165 e. The van der Waals surface area contributed by atoms with Gasteiger partial charge in [0.15, 0.2) is 5.82 Å². The molecular weight excluding hydrogens is 262 g/mol. The van der Waals surface area contributed by atoms with Gasteiger partial charge >= 0.3 is 0 Å². The van der Waals surface area contributed by atoms with Gasteiger partial charge in [-0.25, -0.2) is 9.97 Å². The number of aryl methyl sites for hydroxylation is 1. The number of benzene rings is 1. The predicted molar refractivity (Wildman–Crippen MR) is 85.5 cm³/mol. The minimum atomic E-state index is 0.710. The maximum absolute atomic E-state index is 5.59. The number of furan rings is 1. The number of para-hydroxylation sites is 1. The zero-order valence-electron chi connectivity index (χ0n) is 12.6. The van der Waals surface area contributed by atoms with Crippen molar-refractivity contribution in [2.45, 2.75) is 27.2 Å². The fraction of sp³-hybridized carbons (Fsp3) is 0.294. The number of fused-ring (bicyclic) bond motifs is 1. The molecule has 0 aliphatic heterocycles. The molecule has 0 amide bonds. The van der Waals surface area contributed by atoms with Gasteiger partial charge in [0.25, 0.3) is 0 Å². The molecule has 4 heteroatoms. The van der Waals surface area contributed by atoms with Gasteiger partial charge in [-0.05, 0) is 26.3 Å². The highest BCUT2D eigenvalue weighted by molar-refractivity contribution is 5.92. The van der Waals surface area contributed by atoms with Crippen LogP contribution in [0.5, 0.6) is 0 Å². The number of aromatic nitrogens is 2. The Kier molecular flexibility index (Phi) is 3.60. The quantitative estimate of drug-likeness (QED) is 0.773. The summed E-state index contributed by atoms with van der Waals surface area (Å²) in [5.74, 6) is 1.62. The summed E-state index contributed by atoms with van der Waals surface area (Å²) < 4.78 is 5.59. The zero-order chi connectivity index (χ0) is 14.8. The van der Waals surface area contributed by atoms with Crippen molar-refractivity contribution >= 4 is 16.8 Å². The van der Waals surface area contributed by atoms with Crippen molar-refractivity contribution in [2.75, 3.05) is 11.9 Å². The summed E-state index contributed by atoms with van der Waals surface area (Å²) in [6, 6.07) is 7.95. The average Bonchev–Trinajstić information content (AvgIpc) is 2.92. The topological polar surface area (TPSA) is 51.0 Å². The molecule has 1 N–H and O–H groups in total. The second-order valence-electron chi connectivity index (χ2n) is 5.18. The Morgan fingerprint density at radius 1 is 1.14 bits per heavy atom. The van der Waals surface area contributed by atoms with E-state index >= 15 is 0 Å². The van der Waals surface area contributed by atoms with Crippen molar-refractivity contribution < 1.29 is 4.42 Å². The molecule has 0 atom stereocenters. The highest BCUT2D eigenvalue weighted by Crippen LogP contribution is 2.30. The van der Waals surface area contributed by atoms with Crippen LogP contribution in [0.3, 0.4) is 0 Å². The molecule has 4 nitrogen and oxygen atoms in total. The van der Waals surface area contributed by atoms with Gasteiger partial charge < -0.3 is 9.73 Å². The van der Waals surface area contributed by atoms with Crippen LogP contribution in [0.2, 0.25) is 0 Å². The second-order valence-corrected chi connectivity index (χ2v) is 5.18. The molecule has 0 fully saturated rings. The van der Waals surface area contributed by atoms with E-state index in [-0.39, 0.29) is 0 Å². The van der Waals surface area contributed by atoms with Crippen LogP contribution in [-0.4, -0.2) is 16.5 Å². The van der Waals surface area contributed by atoms with Gasteiger partial charge in [0.1, 0.15) is 17.7 Å². The summed E-state index contributed by atoms with van der Waals surface area (Å²) in [4.78, 5) is 9.30. The first-order valence-electron chi connectivity index (χ1n) is 7.26. The van der Waals surface area contributed by atoms with Crippen LogP contribution < -0.4 is 5.32 Å². The average molecular weight is 281 g/mol. The summed E-state index contributed by atoms with van der Waals surface area (Å²) in [5.41, 5.74) is 3.88. The number of nitrogens with one attached hydrogen (secondary N) is 1. The summed E-state index contributed by atoms with van der Waals surface area (Å²) >= 11 is 0. The molecule has 0 saturated heterocycles. The molecule has 3 rings (SSSR count). The molecule has 0 aliphatic carbocycles. The van der Waals surface area contributed by atoms with E-state index in [2.05, 4.69) is 22.2 Å². The molecular formula is C17H19N3O. The Labute approximate surface area is 124 Å². The van der Waals surface area contributed by atoms with E-state index in [0.29, 0.717) is 5.82 Å². The van der Waals surface area contributed by atoms with E-state index in [4.69, 9.17) is 4.42 Å². The van der Waals surface area contributed by atoms with Gasteiger partial charge in [-0.3, -0.25) is 0 Å². The minimum Gasteiger partial charge on any atom is -0.464 e. The van der Waals surface area contributed by atoms with E-state index in [1.54, 1.807) is 6.26 Å². The largest absolute Gasteiger partial charge is 0.464 e. The SMILES string of the molecule is CCCNc1nc(-c2coc3ccccc23)nc(C)c1C. The van der Waals surface area contributed by atoms with Gasteiger partial charge in [0.2, 0.25) is 0 Å². The maximum atomic E-state index is 5.59. The van der Waals surface area contributed by atoms with Crippen LogP contribution >= 0.6 is 0 Å². The molecule has 0 spiro atoms. The lowest BCUT2D eigenvalue weighted by Crippen LogP contribution is -2.07. The molecule has 0 saturated carbocycles. The number of rotatable bonds is 4. The van der Waals surface area contributed by atoms with Crippen LogP contribution in [0.4, 0.5) is 5.82 Å². The Morgan fingerprint density at radius 2 is 1.95 bits per heavy atom. The lowest BCUT2D eigenvalue weighted by atomic mass is 10.1. The van der Waals surface area contributed by atoms with Crippen molar-refractivity contribution in [3.05, 3.63) is 41.8 Å². The fourth-order valence-electron chi connectivity index (χ4n) is 2.32. The number of hydrogen-bond donors (Lipinski definition) is 1. The Morgan fingerprint density at radius 3 is 2.76 bits per heavy atom. The first kappa shape index (κ1) is 13.6. The molecule has 1 aromatic carbocycles. The van der Waals surface area contributed by atoms with Gasteiger partial charge in [-0.2, -0.15) is 0 Å². The highest BCUT2D eigenvalue weighted by atomic mass is 16.3. The molecule has 0 bridgehead atoms. The van der Waals surface area contributed by atoms with E-state index in [9.17, 15) is 0 Å².